The van der Waals surface area contributed by atoms with E-state index in [0.717, 1.165) is 31.4 Å². The van der Waals surface area contributed by atoms with Crippen LogP contribution in [0.2, 0.25) is 0 Å². The highest BCUT2D eigenvalue weighted by atomic mass is 32.2. The third-order valence-electron chi connectivity index (χ3n) is 4.12. The SMILES string of the molecule is C#CCN(CC1CC1)S(=O)(=O)c1cc(CN)n(C2CC2)c1. The van der Waals surface area contributed by atoms with Crippen molar-refractivity contribution in [2.75, 3.05) is 13.1 Å². The minimum absolute atomic E-state index is 0.130. The average molecular weight is 307 g/mol. The molecular formula is C15H21N3O2S. The van der Waals surface area contributed by atoms with E-state index in [-0.39, 0.29) is 6.54 Å². The maximum Gasteiger partial charge on any atom is 0.245 e. The number of sulfonamides is 1. The molecule has 0 saturated heterocycles. The largest absolute Gasteiger partial charge is 0.346 e. The molecule has 2 aliphatic rings. The van der Waals surface area contributed by atoms with Crippen molar-refractivity contribution in [1.82, 2.24) is 8.87 Å². The van der Waals surface area contributed by atoms with Gasteiger partial charge in [0.1, 0.15) is 4.90 Å². The van der Waals surface area contributed by atoms with Gasteiger partial charge in [0.2, 0.25) is 10.0 Å². The summed E-state index contributed by atoms with van der Waals surface area (Å²) in [5.41, 5.74) is 6.61. The average Bonchev–Trinajstić information content (AvgIpc) is 3.37. The second-order valence-electron chi connectivity index (χ2n) is 5.95. The van der Waals surface area contributed by atoms with Crippen LogP contribution in [-0.2, 0) is 16.6 Å². The third kappa shape index (κ3) is 3.00. The number of aromatic nitrogens is 1. The quantitative estimate of drug-likeness (QED) is 0.772. The summed E-state index contributed by atoms with van der Waals surface area (Å²) >= 11 is 0. The standard InChI is InChI=1S/C15H21N3O2S/c1-2-7-17(10-12-3-4-12)21(19,20)15-8-14(9-16)18(11-15)13-5-6-13/h1,8,11-13H,3-7,9-10,16H2. The van der Waals surface area contributed by atoms with Crippen LogP contribution in [-0.4, -0.2) is 30.4 Å². The Bertz CT molecular complexity index is 664. The third-order valence-corrected chi connectivity index (χ3v) is 5.90. The zero-order valence-corrected chi connectivity index (χ0v) is 12.8. The molecule has 21 heavy (non-hydrogen) atoms. The van der Waals surface area contributed by atoms with Crippen LogP contribution in [0.25, 0.3) is 0 Å². The number of terminal acetylenes is 1. The number of nitrogens with zero attached hydrogens (tertiary/aromatic N) is 2. The molecule has 0 aliphatic heterocycles. The van der Waals surface area contributed by atoms with Crippen LogP contribution in [0.1, 0.15) is 37.4 Å². The first-order valence-corrected chi connectivity index (χ1v) is 8.84. The van der Waals surface area contributed by atoms with Crippen molar-refractivity contribution in [3.8, 4) is 12.3 Å². The lowest BCUT2D eigenvalue weighted by Gasteiger charge is -2.18. The zero-order valence-electron chi connectivity index (χ0n) is 12.0. The lowest BCUT2D eigenvalue weighted by Crippen LogP contribution is -2.33. The van der Waals surface area contributed by atoms with Crippen molar-refractivity contribution in [2.24, 2.45) is 11.7 Å². The molecule has 6 heteroatoms. The highest BCUT2D eigenvalue weighted by Gasteiger charge is 2.33. The van der Waals surface area contributed by atoms with Gasteiger partial charge in [-0.1, -0.05) is 5.92 Å². The highest BCUT2D eigenvalue weighted by Crippen LogP contribution is 2.38. The molecule has 2 aliphatic carbocycles. The topological polar surface area (TPSA) is 68.3 Å². The van der Waals surface area contributed by atoms with Gasteiger partial charge >= 0.3 is 0 Å². The number of nitrogens with two attached hydrogens (primary N) is 1. The van der Waals surface area contributed by atoms with Gasteiger partial charge in [-0.3, -0.25) is 0 Å². The van der Waals surface area contributed by atoms with E-state index in [0.29, 0.717) is 29.9 Å². The van der Waals surface area contributed by atoms with E-state index in [9.17, 15) is 8.42 Å². The molecule has 0 bridgehead atoms. The van der Waals surface area contributed by atoms with Gasteiger partial charge < -0.3 is 10.3 Å². The minimum Gasteiger partial charge on any atom is -0.346 e. The molecule has 2 fully saturated rings. The summed E-state index contributed by atoms with van der Waals surface area (Å²) in [4.78, 5) is 0.325. The second kappa shape index (κ2) is 5.48. The smallest absolute Gasteiger partial charge is 0.245 e. The van der Waals surface area contributed by atoms with Crippen molar-refractivity contribution in [2.45, 2.75) is 43.2 Å². The summed E-state index contributed by atoms with van der Waals surface area (Å²) in [7, 11) is -3.52. The van der Waals surface area contributed by atoms with Gasteiger partial charge in [0.15, 0.2) is 0 Å². The Hall–Kier alpha value is -1.29. The van der Waals surface area contributed by atoms with Crippen LogP contribution in [0, 0.1) is 18.3 Å². The number of hydrogen-bond acceptors (Lipinski definition) is 3. The number of hydrogen-bond donors (Lipinski definition) is 1. The van der Waals surface area contributed by atoms with Crippen molar-refractivity contribution < 1.29 is 8.42 Å². The number of rotatable bonds is 7. The van der Waals surface area contributed by atoms with E-state index in [4.69, 9.17) is 12.2 Å². The van der Waals surface area contributed by atoms with E-state index in [1.807, 2.05) is 4.57 Å². The Morgan fingerprint density at radius 3 is 2.62 bits per heavy atom. The van der Waals surface area contributed by atoms with Crippen LogP contribution in [0.15, 0.2) is 17.2 Å². The molecule has 0 spiro atoms. The van der Waals surface area contributed by atoms with Crippen LogP contribution >= 0.6 is 0 Å². The molecule has 1 heterocycles. The molecule has 114 valence electrons. The highest BCUT2D eigenvalue weighted by molar-refractivity contribution is 7.89. The summed E-state index contributed by atoms with van der Waals surface area (Å²) in [6, 6.07) is 2.11. The summed E-state index contributed by atoms with van der Waals surface area (Å²) in [5, 5.41) is 0. The normalized spacial score (nSPS) is 18.9. The fourth-order valence-electron chi connectivity index (χ4n) is 2.58. The summed E-state index contributed by atoms with van der Waals surface area (Å²) in [6.07, 6.45) is 11.4. The Morgan fingerprint density at radius 2 is 2.10 bits per heavy atom. The summed E-state index contributed by atoms with van der Waals surface area (Å²) < 4.78 is 29.0. The Balaban J connectivity index is 1.90. The van der Waals surface area contributed by atoms with Gasteiger partial charge in [0.05, 0.1) is 6.54 Å². The van der Waals surface area contributed by atoms with Crippen LogP contribution in [0.3, 0.4) is 0 Å². The van der Waals surface area contributed by atoms with Crippen molar-refractivity contribution in [3.63, 3.8) is 0 Å². The first-order chi connectivity index (χ1) is 10.1. The van der Waals surface area contributed by atoms with Crippen LogP contribution in [0.5, 0.6) is 0 Å². The fourth-order valence-corrected chi connectivity index (χ4v) is 4.06. The molecule has 0 atom stereocenters. The van der Waals surface area contributed by atoms with Crippen LogP contribution in [0.4, 0.5) is 0 Å². The fraction of sp³-hybridized carbons (Fsp3) is 0.600. The first-order valence-electron chi connectivity index (χ1n) is 7.40. The molecule has 5 nitrogen and oxygen atoms in total. The predicted octanol–water partition coefficient (Wildman–Crippen LogP) is 1.32. The molecule has 0 aromatic carbocycles. The van der Waals surface area contributed by atoms with E-state index >= 15 is 0 Å². The molecule has 0 radical (unpaired) electrons. The lowest BCUT2D eigenvalue weighted by atomic mass is 10.4. The molecule has 3 rings (SSSR count). The van der Waals surface area contributed by atoms with Gasteiger partial charge in [0.25, 0.3) is 0 Å². The maximum atomic E-state index is 12.8. The van der Waals surface area contributed by atoms with Crippen LogP contribution < -0.4 is 5.73 Å². The zero-order chi connectivity index (χ0) is 15.0. The van der Waals surface area contributed by atoms with E-state index in [2.05, 4.69) is 5.92 Å². The van der Waals surface area contributed by atoms with Gasteiger partial charge in [-0.25, -0.2) is 8.42 Å². The van der Waals surface area contributed by atoms with E-state index in [1.54, 1.807) is 12.3 Å². The van der Waals surface area contributed by atoms with Crippen molar-refractivity contribution in [1.29, 1.82) is 0 Å². The minimum atomic E-state index is -3.52. The molecule has 1 aromatic rings. The summed E-state index contributed by atoms with van der Waals surface area (Å²) in [5.74, 6) is 2.93. The van der Waals surface area contributed by atoms with Gasteiger partial charge in [0, 0.05) is 31.0 Å². The Labute approximate surface area is 126 Å². The monoisotopic (exact) mass is 307 g/mol. The molecule has 0 amide bonds. The Morgan fingerprint density at radius 1 is 1.38 bits per heavy atom. The first kappa shape index (κ1) is 14.6. The van der Waals surface area contributed by atoms with Gasteiger partial charge in [-0.05, 0) is 37.7 Å². The predicted molar refractivity (Wildman–Crippen MR) is 80.9 cm³/mol. The van der Waals surface area contributed by atoms with Crippen molar-refractivity contribution in [3.05, 3.63) is 18.0 Å². The second-order valence-corrected chi connectivity index (χ2v) is 7.89. The molecule has 1 aromatic heterocycles. The van der Waals surface area contributed by atoms with Gasteiger partial charge in [-0.15, -0.1) is 6.42 Å². The molecule has 0 unspecified atom stereocenters. The van der Waals surface area contributed by atoms with E-state index in [1.165, 1.54) is 4.31 Å². The van der Waals surface area contributed by atoms with E-state index < -0.39 is 10.0 Å². The molecule has 2 saturated carbocycles. The Kier molecular flexibility index (Phi) is 3.82. The van der Waals surface area contributed by atoms with Crippen molar-refractivity contribution >= 4 is 10.0 Å². The van der Waals surface area contributed by atoms with Gasteiger partial charge in [-0.2, -0.15) is 4.31 Å². The maximum absolute atomic E-state index is 12.8. The summed E-state index contributed by atoms with van der Waals surface area (Å²) in [6.45, 7) is 1.01. The molecule has 2 N–H and O–H groups in total. The lowest BCUT2D eigenvalue weighted by molar-refractivity contribution is 0.430. The molecular weight excluding hydrogens is 286 g/mol.